The maximum absolute atomic E-state index is 11.0. The van der Waals surface area contributed by atoms with Crippen molar-refractivity contribution in [2.24, 2.45) is 0 Å². The molecule has 0 saturated heterocycles. The topological polar surface area (TPSA) is 64.4 Å². The molecule has 1 aromatic carbocycles. The molecule has 2 unspecified atom stereocenters. The second kappa shape index (κ2) is 7.54. The van der Waals surface area contributed by atoms with Crippen molar-refractivity contribution < 1.29 is 9.66 Å². The standard InChI is InChI=1S/C15H22N2O3S/c1-3-9-20-14-10-11(7-8-13(14)17(18)19)16-12-5-4-6-15(12)21-2/h7-8,10,12,15-16H,3-6,9H2,1-2H3. The lowest BCUT2D eigenvalue weighted by atomic mass is 10.2. The summed E-state index contributed by atoms with van der Waals surface area (Å²) in [5.74, 6) is 0.352. The van der Waals surface area contributed by atoms with Crippen molar-refractivity contribution in [3.63, 3.8) is 0 Å². The molecule has 1 fully saturated rings. The Morgan fingerprint density at radius 2 is 2.29 bits per heavy atom. The third-order valence-electron chi connectivity index (χ3n) is 3.73. The molecule has 0 spiro atoms. The van der Waals surface area contributed by atoms with Gasteiger partial charge in [0.25, 0.3) is 0 Å². The van der Waals surface area contributed by atoms with Gasteiger partial charge in [-0.1, -0.05) is 13.3 Å². The van der Waals surface area contributed by atoms with E-state index in [1.807, 2.05) is 18.7 Å². The highest BCUT2D eigenvalue weighted by molar-refractivity contribution is 7.99. The molecule has 21 heavy (non-hydrogen) atoms. The van der Waals surface area contributed by atoms with Crippen LogP contribution in [0.2, 0.25) is 0 Å². The summed E-state index contributed by atoms with van der Waals surface area (Å²) in [7, 11) is 0. The van der Waals surface area contributed by atoms with Crippen LogP contribution in [0, 0.1) is 10.1 Å². The number of nitrogens with one attached hydrogen (secondary N) is 1. The third kappa shape index (κ3) is 4.03. The summed E-state index contributed by atoms with van der Waals surface area (Å²) < 4.78 is 5.52. The number of nitro benzene ring substituents is 1. The van der Waals surface area contributed by atoms with Crippen molar-refractivity contribution in [2.45, 2.75) is 43.9 Å². The molecular weight excluding hydrogens is 288 g/mol. The third-order valence-corrected chi connectivity index (χ3v) is 4.90. The molecule has 0 bridgehead atoms. The number of benzene rings is 1. The average Bonchev–Trinajstić information content (AvgIpc) is 2.92. The molecule has 1 aliphatic rings. The first kappa shape index (κ1) is 15.9. The van der Waals surface area contributed by atoms with E-state index in [0.29, 0.717) is 23.6 Å². The molecular formula is C15H22N2O3S. The van der Waals surface area contributed by atoms with Crippen LogP contribution in [0.3, 0.4) is 0 Å². The number of hydrogen-bond acceptors (Lipinski definition) is 5. The zero-order valence-electron chi connectivity index (χ0n) is 12.5. The van der Waals surface area contributed by atoms with Crippen LogP contribution < -0.4 is 10.1 Å². The van der Waals surface area contributed by atoms with Crippen LogP contribution in [-0.4, -0.2) is 29.1 Å². The summed E-state index contributed by atoms with van der Waals surface area (Å²) in [5, 5.41) is 15.2. The van der Waals surface area contributed by atoms with E-state index in [4.69, 9.17) is 4.74 Å². The fourth-order valence-electron chi connectivity index (χ4n) is 2.67. The predicted molar refractivity (Wildman–Crippen MR) is 87.4 cm³/mol. The number of anilines is 1. The van der Waals surface area contributed by atoms with Crippen LogP contribution >= 0.6 is 11.8 Å². The molecule has 116 valence electrons. The quantitative estimate of drug-likeness (QED) is 0.607. The van der Waals surface area contributed by atoms with Crippen molar-refractivity contribution in [3.8, 4) is 5.75 Å². The van der Waals surface area contributed by atoms with Crippen LogP contribution in [0.5, 0.6) is 5.75 Å². The molecule has 0 amide bonds. The largest absolute Gasteiger partial charge is 0.487 e. The van der Waals surface area contributed by atoms with Gasteiger partial charge >= 0.3 is 5.69 Å². The van der Waals surface area contributed by atoms with Crippen LogP contribution in [0.1, 0.15) is 32.6 Å². The predicted octanol–water partition coefficient (Wildman–Crippen LogP) is 4.08. The SMILES string of the molecule is CCCOc1cc(NC2CCCC2SC)ccc1[N+](=O)[O-]. The van der Waals surface area contributed by atoms with Gasteiger partial charge in [-0.2, -0.15) is 11.8 Å². The van der Waals surface area contributed by atoms with E-state index < -0.39 is 4.92 Å². The lowest BCUT2D eigenvalue weighted by Crippen LogP contribution is -2.25. The Kier molecular flexibility index (Phi) is 5.73. The van der Waals surface area contributed by atoms with Gasteiger partial charge in [0, 0.05) is 29.1 Å². The van der Waals surface area contributed by atoms with Crippen molar-refractivity contribution in [3.05, 3.63) is 28.3 Å². The second-order valence-corrected chi connectivity index (χ2v) is 6.32. The van der Waals surface area contributed by atoms with E-state index in [9.17, 15) is 10.1 Å². The van der Waals surface area contributed by atoms with E-state index in [1.54, 1.807) is 12.1 Å². The van der Waals surface area contributed by atoms with Gasteiger partial charge in [-0.05, 0) is 31.6 Å². The Morgan fingerprint density at radius 1 is 1.48 bits per heavy atom. The maximum Gasteiger partial charge on any atom is 0.311 e. The van der Waals surface area contributed by atoms with Gasteiger partial charge in [0.1, 0.15) is 0 Å². The minimum absolute atomic E-state index is 0.0295. The zero-order valence-corrected chi connectivity index (χ0v) is 13.3. The summed E-state index contributed by atoms with van der Waals surface area (Å²) in [5.41, 5.74) is 0.930. The number of thioether (sulfide) groups is 1. The van der Waals surface area contributed by atoms with Crippen molar-refractivity contribution in [2.75, 3.05) is 18.2 Å². The summed E-state index contributed by atoms with van der Waals surface area (Å²) in [6.45, 7) is 2.47. The van der Waals surface area contributed by atoms with Crippen LogP contribution in [0.15, 0.2) is 18.2 Å². The highest BCUT2D eigenvalue weighted by atomic mass is 32.2. The summed E-state index contributed by atoms with van der Waals surface area (Å²) in [6.07, 6.45) is 6.57. The Labute approximate surface area is 129 Å². The number of hydrogen-bond donors (Lipinski definition) is 1. The molecule has 0 aliphatic heterocycles. The molecule has 2 atom stereocenters. The van der Waals surface area contributed by atoms with Crippen molar-refractivity contribution in [1.29, 1.82) is 0 Å². The number of nitrogens with zero attached hydrogens (tertiary/aromatic N) is 1. The number of ether oxygens (including phenoxy) is 1. The van der Waals surface area contributed by atoms with Gasteiger partial charge in [0.15, 0.2) is 5.75 Å². The number of nitro groups is 1. The van der Waals surface area contributed by atoms with Gasteiger partial charge in [0.2, 0.25) is 0 Å². The van der Waals surface area contributed by atoms with E-state index in [1.165, 1.54) is 18.9 Å². The lowest BCUT2D eigenvalue weighted by Gasteiger charge is -2.20. The first-order chi connectivity index (χ1) is 10.2. The Hall–Kier alpha value is -1.43. The zero-order chi connectivity index (χ0) is 15.2. The molecule has 1 saturated carbocycles. The Balaban J connectivity index is 2.14. The summed E-state index contributed by atoms with van der Waals surface area (Å²) in [6, 6.07) is 5.48. The van der Waals surface area contributed by atoms with Crippen LogP contribution in [0.25, 0.3) is 0 Å². The molecule has 1 aromatic rings. The first-order valence-corrected chi connectivity index (χ1v) is 8.65. The summed E-state index contributed by atoms with van der Waals surface area (Å²) in [4.78, 5) is 10.6. The van der Waals surface area contributed by atoms with Crippen molar-refractivity contribution in [1.82, 2.24) is 0 Å². The van der Waals surface area contributed by atoms with Crippen molar-refractivity contribution >= 4 is 23.1 Å². The average molecular weight is 310 g/mol. The monoisotopic (exact) mass is 310 g/mol. The molecule has 5 nitrogen and oxygen atoms in total. The minimum Gasteiger partial charge on any atom is -0.487 e. The van der Waals surface area contributed by atoms with E-state index in [-0.39, 0.29) is 5.69 Å². The molecule has 0 radical (unpaired) electrons. The second-order valence-electron chi connectivity index (χ2n) is 5.24. The normalized spacial score (nSPS) is 21.2. The van der Waals surface area contributed by atoms with E-state index in [2.05, 4.69) is 11.6 Å². The van der Waals surface area contributed by atoms with Crippen LogP contribution in [0.4, 0.5) is 11.4 Å². The van der Waals surface area contributed by atoms with Gasteiger partial charge in [-0.3, -0.25) is 10.1 Å². The van der Waals surface area contributed by atoms with Gasteiger partial charge in [-0.15, -0.1) is 0 Å². The fourth-order valence-corrected chi connectivity index (χ4v) is 3.60. The lowest BCUT2D eigenvalue weighted by molar-refractivity contribution is -0.385. The molecule has 1 N–H and O–H groups in total. The van der Waals surface area contributed by atoms with Gasteiger partial charge in [-0.25, -0.2) is 0 Å². The Morgan fingerprint density at radius 3 is 2.95 bits per heavy atom. The van der Waals surface area contributed by atoms with Gasteiger partial charge < -0.3 is 10.1 Å². The highest BCUT2D eigenvalue weighted by Crippen LogP contribution is 2.34. The maximum atomic E-state index is 11.0. The minimum atomic E-state index is -0.394. The van der Waals surface area contributed by atoms with E-state index in [0.717, 1.165) is 18.5 Å². The molecule has 0 heterocycles. The molecule has 1 aliphatic carbocycles. The van der Waals surface area contributed by atoms with E-state index >= 15 is 0 Å². The molecule has 6 heteroatoms. The molecule has 2 rings (SSSR count). The van der Waals surface area contributed by atoms with Crippen LogP contribution in [-0.2, 0) is 0 Å². The molecule has 0 aromatic heterocycles. The summed E-state index contributed by atoms with van der Waals surface area (Å²) >= 11 is 1.88. The fraction of sp³-hybridized carbons (Fsp3) is 0.600. The Bertz CT molecular complexity index is 496. The highest BCUT2D eigenvalue weighted by Gasteiger charge is 2.26. The number of rotatable bonds is 7. The smallest absolute Gasteiger partial charge is 0.311 e. The first-order valence-electron chi connectivity index (χ1n) is 7.36. The van der Waals surface area contributed by atoms with Gasteiger partial charge in [0.05, 0.1) is 11.5 Å².